The summed E-state index contributed by atoms with van der Waals surface area (Å²) in [4.78, 5) is 11.8. The Balaban J connectivity index is 1.90. The third-order valence-electron chi connectivity index (χ3n) is 2.43. The maximum atomic E-state index is 11.8. The lowest BCUT2D eigenvalue weighted by atomic mass is 10.1. The second kappa shape index (κ2) is 6.54. The zero-order valence-electron chi connectivity index (χ0n) is 9.40. The average molecular weight is 392 g/mol. The smallest absolute Gasteiger partial charge is 0.252 e. The maximum Gasteiger partial charge on any atom is 0.252 e. The molecule has 0 radical (unpaired) electrons. The molecule has 1 atom stereocenters. The molecule has 5 heteroatoms. The number of hydrogen-bond acceptors (Lipinski definition) is 2. The van der Waals surface area contributed by atoms with Crippen LogP contribution in [0.3, 0.4) is 0 Å². The van der Waals surface area contributed by atoms with Gasteiger partial charge in [0, 0.05) is 11.9 Å². The van der Waals surface area contributed by atoms with Gasteiger partial charge in [0.1, 0.15) is 0 Å². The number of hydrogen-bond donors (Lipinski definition) is 1. The van der Waals surface area contributed by atoms with Crippen LogP contribution in [0.4, 0.5) is 0 Å². The first-order valence-electron chi connectivity index (χ1n) is 5.38. The van der Waals surface area contributed by atoms with Gasteiger partial charge in [-0.05, 0) is 34.2 Å². The number of amides is 1. The first-order valence-corrected chi connectivity index (χ1v) is 7.77. The highest BCUT2D eigenvalue weighted by Gasteiger charge is 2.11. The summed E-state index contributed by atoms with van der Waals surface area (Å²) in [5.74, 6) is -0.0734. The van der Waals surface area contributed by atoms with Crippen LogP contribution in [-0.4, -0.2) is 12.5 Å². The number of nitrogens with one attached hydrogen (secondary N) is 1. The van der Waals surface area contributed by atoms with Crippen molar-refractivity contribution in [2.24, 2.45) is 0 Å². The van der Waals surface area contributed by atoms with E-state index in [9.17, 15) is 4.79 Å². The molecule has 18 heavy (non-hydrogen) atoms. The van der Waals surface area contributed by atoms with Gasteiger partial charge in [-0.3, -0.25) is 4.79 Å². The lowest BCUT2D eigenvalue weighted by molar-refractivity contribution is 0.0954. The van der Waals surface area contributed by atoms with Crippen LogP contribution >= 0.6 is 45.5 Å². The number of rotatable bonds is 4. The summed E-state index contributed by atoms with van der Waals surface area (Å²) in [6.45, 7) is 0.427. The van der Waals surface area contributed by atoms with Gasteiger partial charge in [-0.2, -0.15) is 0 Å². The summed E-state index contributed by atoms with van der Waals surface area (Å²) in [5.41, 5.74) is 1.71. The molecule has 1 unspecified atom stereocenters. The molecule has 0 bridgehead atoms. The van der Waals surface area contributed by atoms with Crippen molar-refractivity contribution in [3.63, 3.8) is 0 Å². The summed E-state index contributed by atoms with van der Waals surface area (Å²) in [7, 11) is 0. The summed E-state index contributed by atoms with van der Waals surface area (Å²) < 4.78 is 1.10. The molecular weight excluding hydrogens is 381 g/mol. The normalized spacial score (nSPS) is 12.1. The highest BCUT2D eigenvalue weighted by molar-refractivity contribution is 14.1. The Bertz CT molecular complexity index is 529. The van der Waals surface area contributed by atoms with Gasteiger partial charge in [0.25, 0.3) is 5.91 Å². The monoisotopic (exact) mass is 391 g/mol. The summed E-state index contributed by atoms with van der Waals surface area (Å²) in [6.07, 6.45) is 0. The number of benzene rings is 1. The van der Waals surface area contributed by atoms with Crippen LogP contribution in [0, 0.1) is 2.88 Å². The molecule has 0 saturated carbocycles. The molecule has 0 aliphatic carbocycles. The Kier molecular flexibility index (Phi) is 5.03. The molecule has 0 spiro atoms. The third-order valence-corrected chi connectivity index (χ3v) is 4.63. The van der Waals surface area contributed by atoms with E-state index in [2.05, 4.69) is 27.9 Å². The molecule has 2 nitrogen and oxygen atoms in total. The highest BCUT2D eigenvalue weighted by Crippen LogP contribution is 2.20. The van der Waals surface area contributed by atoms with Gasteiger partial charge in [-0.1, -0.05) is 30.3 Å². The zero-order chi connectivity index (χ0) is 13.0. The first-order chi connectivity index (χ1) is 8.66. The summed E-state index contributed by atoms with van der Waals surface area (Å²) >= 11 is 9.98. The second-order valence-electron chi connectivity index (χ2n) is 3.73. The van der Waals surface area contributed by atoms with E-state index >= 15 is 0 Å². The van der Waals surface area contributed by atoms with Gasteiger partial charge >= 0.3 is 0 Å². The number of carbonyl (C=O) groups excluding carboxylic acids is 1. The molecule has 0 aliphatic rings. The van der Waals surface area contributed by atoms with Crippen molar-refractivity contribution in [3.8, 4) is 0 Å². The van der Waals surface area contributed by atoms with Crippen LogP contribution in [-0.2, 0) is 0 Å². The maximum absolute atomic E-state index is 11.8. The summed E-state index contributed by atoms with van der Waals surface area (Å²) in [6, 6.07) is 11.6. The molecule has 1 aromatic carbocycles. The lowest BCUT2D eigenvalue weighted by Crippen LogP contribution is -2.26. The van der Waals surface area contributed by atoms with E-state index in [0.717, 1.165) is 8.45 Å². The van der Waals surface area contributed by atoms with E-state index in [1.807, 2.05) is 41.8 Å². The molecule has 0 aliphatic heterocycles. The van der Waals surface area contributed by atoms with Crippen LogP contribution in [0.5, 0.6) is 0 Å². The molecule has 0 saturated heterocycles. The van der Waals surface area contributed by atoms with Crippen LogP contribution in [0.2, 0.25) is 0 Å². The molecule has 1 heterocycles. The Morgan fingerprint density at radius 1 is 1.39 bits per heavy atom. The number of carbonyl (C=O) groups is 1. The average Bonchev–Trinajstić information content (AvgIpc) is 2.83. The van der Waals surface area contributed by atoms with Crippen molar-refractivity contribution in [3.05, 3.63) is 55.8 Å². The van der Waals surface area contributed by atoms with E-state index < -0.39 is 0 Å². The molecule has 2 aromatic rings. The SMILES string of the molecule is O=C(NCC(Cl)c1ccccc1)c1csc(I)c1. The molecule has 1 N–H and O–H groups in total. The number of halogens is 2. The zero-order valence-corrected chi connectivity index (χ0v) is 13.1. The van der Waals surface area contributed by atoms with E-state index in [1.54, 1.807) is 11.3 Å². The van der Waals surface area contributed by atoms with Crippen LogP contribution < -0.4 is 5.32 Å². The molecular formula is C13H11ClINOS. The van der Waals surface area contributed by atoms with Gasteiger partial charge in [0.05, 0.1) is 13.8 Å². The fraction of sp³-hybridized carbons (Fsp3) is 0.154. The quantitative estimate of drug-likeness (QED) is 0.618. The van der Waals surface area contributed by atoms with E-state index in [1.165, 1.54) is 0 Å². The highest BCUT2D eigenvalue weighted by atomic mass is 127. The van der Waals surface area contributed by atoms with Gasteiger partial charge in [-0.15, -0.1) is 22.9 Å². The Hall–Kier alpha value is -0.590. The standard InChI is InChI=1S/C13H11ClINOS/c14-11(9-4-2-1-3-5-9)7-16-13(17)10-6-12(15)18-8-10/h1-6,8,11H,7H2,(H,16,17). The minimum Gasteiger partial charge on any atom is -0.350 e. The molecule has 1 amide bonds. The topological polar surface area (TPSA) is 29.1 Å². The fourth-order valence-electron chi connectivity index (χ4n) is 1.49. The van der Waals surface area contributed by atoms with E-state index in [4.69, 9.17) is 11.6 Å². The Morgan fingerprint density at radius 3 is 2.72 bits per heavy atom. The van der Waals surface area contributed by atoms with Gasteiger partial charge in [-0.25, -0.2) is 0 Å². The second-order valence-corrected chi connectivity index (χ2v) is 7.06. The Labute approximate surface area is 129 Å². The van der Waals surface area contributed by atoms with Crippen molar-refractivity contribution in [2.75, 3.05) is 6.54 Å². The van der Waals surface area contributed by atoms with Crippen molar-refractivity contribution < 1.29 is 4.79 Å². The van der Waals surface area contributed by atoms with Crippen molar-refractivity contribution >= 4 is 51.4 Å². The van der Waals surface area contributed by atoms with Crippen molar-refractivity contribution in [2.45, 2.75) is 5.38 Å². The number of alkyl halides is 1. The largest absolute Gasteiger partial charge is 0.350 e. The van der Waals surface area contributed by atoms with Crippen LogP contribution in [0.15, 0.2) is 41.8 Å². The van der Waals surface area contributed by atoms with Crippen molar-refractivity contribution in [1.29, 1.82) is 0 Å². The van der Waals surface area contributed by atoms with Crippen LogP contribution in [0.25, 0.3) is 0 Å². The first kappa shape index (κ1) is 13.8. The van der Waals surface area contributed by atoms with Crippen molar-refractivity contribution in [1.82, 2.24) is 5.32 Å². The number of thiophene rings is 1. The third kappa shape index (κ3) is 3.70. The predicted molar refractivity (Wildman–Crippen MR) is 84.4 cm³/mol. The molecule has 1 aromatic heterocycles. The summed E-state index contributed by atoms with van der Waals surface area (Å²) in [5, 5.41) is 4.49. The minimum absolute atomic E-state index is 0.0734. The molecule has 94 valence electrons. The van der Waals surface area contributed by atoms with Gasteiger partial charge in [0.15, 0.2) is 0 Å². The van der Waals surface area contributed by atoms with E-state index in [0.29, 0.717) is 12.1 Å². The molecule has 0 fully saturated rings. The van der Waals surface area contributed by atoms with Gasteiger partial charge in [0.2, 0.25) is 0 Å². The van der Waals surface area contributed by atoms with Gasteiger partial charge < -0.3 is 5.32 Å². The van der Waals surface area contributed by atoms with E-state index in [-0.39, 0.29) is 11.3 Å². The Morgan fingerprint density at radius 2 is 2.11 bits per heavy atom. The van der Waals surface area contributed by atoms with Crippen LogP contribution in [0.1, 0.15) is 21.3 Å². The predicted octanol–water partition coefficient (Wildman–Crippen LogP) is 4.06. The fourth-order valence-corrected chi connectivity index (χ4v) is 3.04. The lowest BCUT2D eigenvalue weighted by Gasteiger charge is -2.10. The minimum atomic E-state index is -0.201. The molecule has 2 rings (SSSR count).